The molecule has 0 radical (unpaired) electrons. The summed E-state index contributed by atoms with van der Waals surface area (Å²) in [5.74, 6) is -0.0891. The summed E-state index contributed by atoms with van der Waals surface area (Å²) in [5, 5.41) is 0.886. The van der Waals surface area contributed by atoms with Gasteiger partial charge in [-0.25, -0.2) is 8.78 Å². The molecule has 0 spiro atoms. The van der Waals surface area contributed by atoms with Crippen molar-refractivity contribution < 1.29 is 18.3 Å². The Kier molecular flexibility index (Phi) is 4.49. The predicted molar refractivity (Wildman–Crippen MR) is 73.4 cm³/mol. The van der Waals surface area contributed by atoms with Crippen molar-refractivity contribution in [3.8, 4) is 0 Å². The van der Waals surface area contributed by atoms with Gasteiger partial charge in [0.2, 0.25) is 0 Å². The molecule has 1 aromatic heterocycles. The number of carbonyl (C=O) groups excluding carboxylic acids is 1. The number of alkyl halides is 2. The lowest BCUT2D eigenvalue weighted by atomic mass is 10.1. The van der Waals surface area contributed by atoms with Gasteiger partial charge in [0.15, 0.2) is 5.78 Å². The van der Waals surface area contributed by atoms with E-state index in [0.717, 1.165) is 16.5 Å². The van der Waals surface area contributed by atoms with Gasteiger partial charge < -0.3 is 9.30 Å². The molecule has 20 heavy (non-hydrogen) atoms. The maximum Gasteiger partial charge on any atom is 0.261 e. The van der Waals surface area contributed by atoms with Crippen molar-refractivity contribution in [1.29, 1.82) is 0 Å². The quantitative estimate of drug-likeness (QED) is 0.600. The van der Waals surface area contributed by atoms with E-state index in [2.05, 4.69) is 0 Å². The number of rotatable bonds is 6. The molecular formula is C15H17F2NO2. The molecule has 1 aromatic carbocycles. The molecular weight excluding hydrogens is 264 g/mol. The molecule has 0 bridgehead atoms. The molecule has 0 fully saturated rings. The average Bonchev–Trinajstić information content (AvgIpc) is 2.71. The zero-order chi connectivity index (χ0) is 14.7. The van der Waals surface area contributed by atoms with Crippen molar-refractivity contribution in [3.63, 3.8) is 0 Å². The number of nitrogens with zero attached hydrogens (tertiary/aromatic N) is 1. The highest BCUT2D eigenvalue weighted by Crippen LogP contribution is 2.23. The second kappa shape index (κ2) is 6.13. The van der Waals surface area contributed by atoms with Gasteiger partial charge >= 0.3 is 0 Å². The van der Waals surface area contributed by atoms with Crippen LogP contribution in [0.1, 0.15) is 22.3 Å². The van der Waals surface area contributed by atoms with Crippen molar-refractivity contribution in [3.05, 3.63) is 35.5 Å². The van der Waals surface area contributed by atoms with E-state index in [0.29, 0.717) is 5.56 Å². The first-order valence-corrected chi connectivity index (χ1v) is 6.44. The van der Waals surface area contributed by atoms with Crippen LogP contribution in [-0.2, 0) is 11.8 Å². The lowest BCUT2D eigenvalue weighted by Gasteiger charge is -2.02. The van der Waals surface area contributed by atoms with Crippen molar-refractivity contribution >= 4 is 16.7 Å². The number of fused-ring (bicyclic) bond motifs is 1. The summed E-state index contributed by atoms with van der Waals surface area (Å²) >= 11 is 0. The van der Waals surface area contributed by atoms with Crippen LogP contribution in [0.25, 0.3) is 10.9 Å². The lowest BCUT2D eigenvalue weighted by Crippen LogP contribution is -2.09. The third-order valence-electron chi connectivity index (χ3n) is 3.16. The molecule has 5 heteroatoms. The first-order valence-electron chi connectivity index (χ1n) is 6.44. The van der Waals surface area contributed by atoms with Gasteiger partial charge in [0, 0.05) is 36.1 Å². The highest BCUT2D eigenvalue weighted by Gasteiger charge is 2.14. The Bertz CT molecular complexity index is 620. The number of ether oxygens (including phenoxy) is 1. The number of halogens is 2. The molecule has 0 aliphatic carbocycles. The van der Waals surface area contributed by atoms with Crippen LogP contribution in [0.15, 0.2) is 24.4 Å². The van der Waals surface area contributed by atoms with E-state index < -0.39 is 13.0 Å². The molecule has 0 aliphatic rings. The van der Waals surface area contributed by atoms with Gasteiger partial charge in [0.25, 0.3) is 6.43 Å². The van der Waals surface area contributed by atoms with Crippen LogP contribution in [0.2, 0.25) is 0 Å². The smallest absolute Gasteiger partial charge is 0.261 e. The Hall–Kier alpha value is -1.75. The second-order valence-corrected chi connectivity index (χ2v) is 4.81. The van der Waals surface area contributed by atoms with Gasteiger partial charge in [-0.05, 0) is 18.6 Å². The summed E-state index contributed by atoms with van der Waals surface area (Å²) in [6.45, 7) is 1.39. The van der Waals surface area contributed by atoms with Crippen molar-refractivity contribution in [1.82, 2.24) is 4.57 Å². The van der Waals surface area contributed by atoms with Gasteiger partial charge in [-0.1, -0.05) is 12.1 Å². The molecule has 3 nitrogen and oxygen atoms in total. The van der Waals surface area contributed by atoms with Crippen molar-refractivity contribution in [2.24, 2.45) is 7.05 Å². The molecule has 0 amide bonds. The Labute approximate surface area is 116 Å². The molecule has 108 valence electrons. The molecule has 0 unspecified atom stereocenters. The minimum Gasteiger partial charge on any atom is -0.375 e. The van der Waals surface area contributed by atoms with Gasteiger partial charge in [0.1, 0.15) is 6.61 Å². The number of hydrogen-bond donors (Lipinski definition) is 0. The fourth-order valence-corrected chi connectivity index (χ4v) is 2.19. The van der Waals surface area contributed by atoms with Crippen molar-refractivity contribution in [2.75, 3.05) is 13.2 Å². The number of hydrogen-bond acceptors (Lipinski definition) is 2. The molecule has 2 aromatic rings. The Balaban J connectivity index is 2.10. The van der Waals surface area contributed by atoms with Crippen LogP contribution in [0, 0.1) is 6.92 Å². The molecule has 2 rings (SSSR count). The zero-order valence-corrected chi connectivity index (χ0v) is 11.5. The van der Waals surface area contributed by atoms with Crippen LogP contribution >= 0.6 is 0 Å². The fourth-order valence-electron chi connectivity index (χ4n) is 2.19. The predicted octanol–water partition coefficient (Wildman–Crippen LogP) is 3.34. The highest BCUT2D eigenvalue weighted by atomic mass is 19.3. The maximum atomic E-state index is 12.1. The number of ketones is 1. The fraction of sp³-hybridized carbons (Fsp3) is 0.400. The number of aryl methyl sites for hydroxylation is 2. The summed E-state index contributed by atoms with van der Waals surface area (Å²) in [5.41, 5.74) is 2.72. The molecule has 0 N–H and O–H groups in total. The summed E-state index contributed by atoms with van der Waals surface area (Å²) in [6, 6.07) is 5.88. The van der Waals surface area contributed by atoms with Crippen LogP contribution in [0.4, 0.5) is 8.78 Å². The third kappa shape index (κ3) is 3.22. The molecule has 1 heterocycles. The van der Waals surface area contributed by atoms with E-state index in [-0.39, 0.29) is 18.8 Å². The van der Waals surface area contributed by atoms with Crippen LogP contribution in [0.3, 0.4) is 0 Å². The van der Waals surface area contributed by atoms with E-state index >= 15 is 0 Å². The number of carbonyl (C=O) groups is 1. The van der Waals surface area contributed by atoms with Gasteiger partial charge in [0.05, 0.1) is 6.61 Å². The Morgan fingerprint density at radius 1 is 1.40 bits per heavy atom. The second-order valence-electron chi connectivity index (χ2n) is 4.81. The number of benzene rings is 1. The van der Waals surface area contributed by atoms with Gasteiger partial charge in [-0.3, -0.25) is 4.79 Å². The summed E-state index contributed by atoms with van der Waals surface area (Å²) in [7, 11) is 1.88. The topological polar surface area (TPSA) is 31.2 Å². The van der Waals surface area contributed by atoms with Gasteiger partial charge in [-0.15, -0.1) is 0 Å². The van der Waals surface area contributed by atoms with E-state index in [1.807, 2.05) is 36.7 Å². The summed E-state index contributed by atoms with van der Waals surface area (Å²) in [4.78, 5) is 12.1. The highest BCUT2D eigenvalue weighted by molar-refractivity contribution is 6.08. The van der Waals surface area contributed by atoms with E-state index in [1.165, 1.54) is 0 Å². The average molecular weight is 281 g/mol. The molecule has 0 saturated heterocycles. The molecule has 0 aliphatic heterocycles. The molecule has 0 atom stereocenters. The monoisotopic (exact) mass is 281 g/mol. The third-order valence-corrected chi connectivity index (χ3v) is 3.16. The minimum atomic E-state index is -2.49. The first kappa shape index (κ1) is 14.7. The van der Waals surface area contributed by atoms with E-state index in [1.54, 1.807) is 6.20 Å². The largest absolute Gasteiger partial charge is 0.375 e. The van der Waals surface area contributed by atoms with E-state index in [9.17, 15) is 13.6 Å². The number of Topliss-reactive ketones (excluding diaryl/α,β-unsaturated/α-hetero) is 1. The van der Waals surface area contributed by atoms with Crippen LogP contribution < -0.4 is 0 Å². The maximum absolute atomic E-state index is 12.1. The van der Waals surface area contributed by atoms with Crippen molar-refractivity contribution in [2.45, 2.75) is 19.8 Å². The lowest BCUT2D eigenvalue weighted by molar-refractivity contribution is 0.0170. The summed E-state index contributed by atoms with van der Waals surface area (Å²) < 4.78 is 30.5. The number of aromatic nitrogens is 1. The Morgan fingerprint density at radius 3 is 2.85 bits per heavy atom. The van der Waals surface area contributed by atoms with Crippen LogP contribution in [0.5, 0.6) is 0 Å². The zero-order valence-electron chi connectivity index (χ0n) is 11.5. The first-order chi connectivity index (χ1) is 9.49. The van der Waals surface area contributed by atoms with Gasteiger partial charge in [-0.2, -0.15) is 0 Å². The normalized spacial score (nSPS) is 11.4. The Morgan fingerprint density at radius 2 is 2.15 bits per heavy atom. The summed E-state index contributed by atoms with van der Waals surface area (Å²) in [6.07, 6.45) is -0.607. The van der Waals surface area contributed by atoms with Crippen LogP contribution in [-0.4, -0.2) is 30.0 Å². The standard InChI is InChI=1S/C15H17F2NO2/c1-10-3-4-11-12(8-18(2)13(11)7-10)14(19)5-6-20-9-15(16)17/h3-4,7-8,15H,5-6,9H2,1-2H3. The molecule has 0 saturated carbocycles. The van der Waals surface area contributed by atoms with E-state index in [4.69, 9.17) is 4.74 Å². The minimum absolute atomic E-state index is 0.0193. The SMILES string of the molecule is Cc1ccc2c(C(=O)CCOCC(F)F)cn(C)c2c1.